The van der Waals surface area contributed by atoms with E-state index in [1.165, 1.54) is 18.6 Å². The number of amides is 1. The molecule has 0 bridgehead atoms. The molecule has 0 N–H and O–H groups in total. The second-order valence-electron chi connectivity index (χ2n) is 5.88. The molecule has 0 saturated carbocycles. The van der Waals surface area contributed by atoms with E-state index in [4.69, 9.17) is 8.83 Å². The fourth-order valence-corrected chi connectivity index (χ4v) is 2.64. The minimum Gasteiger partial charge on any atom is -0.467 e. The number of furan rings is 2. The molecule has 0 aliphatic carbocycles. The molecule has 0 spiro atoms. The number of rotatable bonds is 5. The Hall–Kier alpha value is -2.70. The molecule has 0 atom stereocenters. The Morgan fingerprint density at radius 2 is 2.00 bits per heavy atom. The molecule has 0 radical (unpaired) electrons. The predicted octanol–water partition coefficient (Wildman–Crippen LogP) is 4.47. The molecule has 25 heavy (non-hydrogen) atoms. The van der Waals surface area contributed by atoms with Crippen molar-refractivity contribution in [1.29, 1.82) is 0 Å². The Balaban J connectivity index is 1.81. The van der Waals surface area contributed by atoms with Crippen molar-refractivity contribution in [3.05, 3.63) is 59.7 Å². The Labute approximate surface area is 141 Å². The highest BCUT2D eigenvalue weighted by atomic mass is 19.4. The van der Waals surface area contributed by atoms with Gasteiger partial charge in [0.15, 0.2) is 0 Å². The summed E-state index contributed by atoms with van der Waals surface area (Å²) in [6, 6.07) is 8.59. The smallest absolute Gasteiger partial charge is 0.406 e. The van der Waals surface area contributed by atoms with Crippen LogP contribution in [-0.4, -0.2) is 23.5 Å². The lowest BCUT2D eigenvalue weighted by Gasteiger charge is -2.23. The lowest BCUT2D eigenvalue weighted by atomic mass is 10.1. The van der Waals surface area contributed by atoms with E-state index < -0.39 is 18.6 Å². The Morgan fingerprint density at radius 1 is 1.20 bits per heavy atom. The topological polar surface area (TPSA) is 46.6 Å². The van der Waals surface area contributed by atoms with E-state index in [9.17, 15) is 18.0 Å². The van der Waals surface area contributed by atoms with E-state index >= 15 is 0 Å². The molecule has 132 valence electrons. The summed E-state index contributed by atoms with van der Waals surface area (Å²) < 4.78 is 49.0. The maximum Gasteiger partial charge on any atom is 0.406 e. The minimum absolute atomic E-state index is 0.174. The van der Waals surface area contributed by atoms with Crippen molar-refractivity contribution < 1.29 is 26.8 Å². The number of aryl methyl sites for hydroxylation is 1. The third-order valence-electron chi connectivity index (χ3n) is 3.80. The van der Waals surface area contributed by atoms with Gasteiger partial charge in [-0.3, -0.25) is 4.79 Å². The van der Waals surface area contributed by atoms with Crippen LogP contribution in [-0.2, 0) is 17.8 Å². The quantitative estimate of drug-likeness (QED) is 0.681. The number of alkyl halides is 3. The van der Waals surface area contributed by atoms with E-state index in [0.717, 1.165) is 15.8 Å². The average molecular weight is 351 g/mol. The summed E-state index contributed by atoms with van der Waals surface area (Å²) in [5, 5.41) is 0.726. The van der Waals surface area contributed by atoms with Crippen LogP contribution in [0.1, 0.15) is 16.9 Å². The normalized spacial score (nSPS) is 11.8. The van der Waals surface area contributed by atoms with Crippen molar-refractivity contribution in [1.82, 2.24) is 4.90 Å². The second-order valence-corrected chi connectivity index (χ2v) is 5.88. The van der Waals surface area contributed by atoms with Gasteiger partial charge in [-0.25, -0.2) is 0 Å². The highest BCUT2D eigenvalue weighted by molar-refractivity contribution is 5.88. The van der Waals surface area contributed by atoms with Crippen molar-refractivity contribution >= 4 is 16.9 Å². The van der Waals surface area contributed by atoms with E-state index in [1.54, 1.807) is 12.1 Å². The molecule has 1 aromatic carbocycles. The highest BCUT2D eigenvalue weighted by Crippen LogP contribution is 2.24. The highest BCUT2D eigenvalue weighted by Gasteiger charge is 2.33. The number of fused-ring (bicyclic) bond motifs is 1. The molecule has 3 rings (SSSR count). The number of carbonyl (C=O) groups is 1. The maximum absolute atomic E-state index is 12.8. The molecule has 2 heterocycles. The Kier molecular flexibility index (Phi) is 4.57. The number of carbonyl (C=O) groups excluding carboxylic acids is 1. The summed E-state index contributed by atoms with van der Waals surface area (Å²) in [5.74, 6) is -0.345. The van der Waals surface area contributed by atoms with E-state index in [1.807, 2.05) is 19.1 Å². The molecule has 0 aliphatic rings. The first kappa shape index (κ1) is 17.1. The van der Waals surface area contributed by atoms with Gasteiger partial charge in [-0.2, -0.15) is 13.2 Å². The van der Waals surface area contributed by atoms with Gasteiger partial charge in [0.1, 0.15) is 17.9 Å². The average Bonchev–Trinajstić information content (AvgIpc) is 3.15. The summed E-state index contributed by atoms with van der Waals surface area (Å²) in [6.45, 7) is 0.336. The monoisotopic (exact) mass is 351 g/mol. The molecule has 0 fully saturated rings. The Morgan fingerprint density at radius 3 is 2.68 bits per heavy atom. The molecule has 0 aliphatic heterocycles. The van der Waals surface area contributed by atoms with Gasteiger partial charge in [0.2, 0.25) is 5.91 Å². The first-order valence-corrected chi connectivity index (χ1v) is 7.65. The van der Waals surface area contributed by atoms with Crippen LogP contribution in [0.5, 0.6) is 0 Å². The van der Waals surface area contributed by atoms with Crippen LogP contribution in [0.4, 0.5) is 13.2 Å². The number of benzene rings is 1. The zero-order valence-corrected chi connectivity index (χ0v) is 13.5. The van der Waals surface area contributed by atoms with Crippen molar-refractivity contribution in [3.63, 3.8) is 0 Å². The maximum atomic E-state index is 12.8. The van der Waals surface area contributed by atoms with Gasteiger partial charge in [-0.05, 0) is 30.7 Å². The number of hydrogen-bond acceptors (Lipinski definition) is 3. The lowest BCUT2D eigenvalue weighted by molar-refractivity contribution is -0.162. The van der Waals surface area contributed by atoms with Gasteiger partial charge in [0.05, 0.1) is 25.5 Å². The number of nitrogens with zero attached hydrogens (tertiary/aromatic N) is 1. The third-order valence-corrected chi connectivity index (χ3v) is 3.80. The SMILES string of the molecule is Cc1ccc2c(CC(=O)N(Cc3ccco3)CC(F)(F)F)coc2c1. The molecule has 2 aromatic heterocycles. The van der Waals surface area contributed by atoms with Crippen molar-refractivity contribution in [3.8, 4) is 0 Å². The molecule has 7 heteroatoms. The van der Waals surface area contributed by atoms with Crippen LogP contribution in [0, 0.1) is 6.92 Å². The van der Waals surface area contributed by atoms with E-state index in [2.05, 4.69) is 0 Å². The van der Waals surface area contributed by atoms with Crippen molar-refractivity contribution in [2.45, 2.75) is 26.1 Å². The van der Waals surface area contributed by atoms with Crippen LogP contribution >= 0.6 is 0 Å². The summed E-state index contributed by atoms with van der Waals surface area (Å²) in [7, 11) is 0. The van der Waals surface area contributed by atoms with Crippen LogP contribution in [0.25, 0.3) is 11.0 Å². The minimum atomic E-state index is -4.49. The molecule has 3 aromatic rings. The summed E-state index contributed by atoms with van der Waals surface area (Å²) in [6.07, 6.45) is -1.89. The standard InChI is InChI=1S/C18H16F3NO3/c1-12-4-5-15-13(10-25-16(15)7-12)8-17(23)22(11-18(19,20)21)9-14-3-2-6-24-14/h2-7,10H,8-9,11H2,1H3. The van der Waals surface area contributed by atoms with Gasteiger partial charge in [-0.1, -0.05) is 12.1 Å². The zero-order valence-electron chi connectivity index (χ0n) is 13.5. The molecule has 0 unspecified atom stereocenters. The first-order valence-electron chi connectivity index (χ1n) is 7.65. The molecule has 1 amide bonds. The molecule has 4 nitrogen and oxygen atoms in total. The second kappa shape index (κ2) is 6.66. The number of halogens is 3. The predicted molar refractivity (Wildman–Crippen MR) is 84.8 cm³/mol. The van der Waals surface area contributed by atoms with Crippen LogP contribution in [0.3, 0.4) is 0 Å². The largest absolute Gasteiger partial charge is 0.467 e. The first-order chi connectivity index (χ1) is 11.8. The third kappa shape index (κ3) is 4.23. The summed E-state index contributed by atoms with van der Waals surface area (Å²) in [4.78, 5) is 13.2. The zero-order chi connectivity index (χ0) is 18.0. The lowest BCUT2D eigenvalue weighted by Crippen LogP contribution is -2.39. The fourth-order valence-electron chi connectivity index (χ4n) is 2.64. The van der Waals surface area contributed by atoms with Crippen molar-refractivity contribution in [2.24, 2.45) is 0 Å². The summed E-state index contributed by atoms with van der Waals surface area (Å²) in [5.41, 5.74) is 2.17. The number of hydrogen-bond donors (Lipinski definition) is 0. The Bertz CT molecular complexity index is 865. The van der Waals surface area contributed by atoms with Crippen LogP contribution in [0.15, 0.2) is 51.7 Å². The summed E-state index contributed by atoms with van der Waals surface area (Å²) >= 11 is 0. The van der Waals surface area contributed by atoms with Crippen LogP contribution in [0.2, 0.25) is 0 Å². The van der Waals surface area contributed by atoms with E-state index in [-0.39, 0.29) is 13.0 Å². The van der Waals surface area contributed by atoms with Gasteiger partial charge < -0.3 is 13.7 Å². The van der Waals surface area contributed by atoms with Crippen molar-refractivity contribution in [2.75, 3.05) is 6.54 Å². The molecular formula is C18H16F3NO3. The van der Waals surface area contributed by atoms with Crippen LogP contribution < -0.4 is 0 Å². The van der Waals surface area contributed by atoms with Gasteiger partial charge in [-0.15, -0.1) is 0 Å². The fraction of sp³-hybridized carbons (Fsp3) is 0.278. The molecule has 0 saturated heterocycles. The van der Waals surface area contributed by atoms with Gasteiger partial charge >= 0.3 is 6.18 Å². The van der Waals surface area contributed by atoms with Gasteiger partial charge in [0, 0.05) is 10.9 Å². The van der Waals surface area contributed by atoms with E-state index in [0.29, 0.717) is 16.9 Å². The van der Waals surface area contributed by atoms with Gasteiger partial charge in [0.25, 0.3) is 0 Å². The molecular weight excluding hydrogens is 335 g/mol.